The van der Waals surface area contributed by atoms with Gasteiger partial charge in [-0.2, -0.15) is 0 Å². The molecule has 0 fully saturated rings. The zero-order valence-electron chi connectivity index (χ0n) is 10.8. The zero-order valence-corrected chi connectivity index (χ0v) is 10.8. The minimum Gasteiger partial charge on any atom is -0.398 e. The van der Waals surface area contributed by atoms with Gasteiger partial charge in [-0.3, -0.25) is 4.98 Å². The van der Waals surface area contributed by atoms with Crippen LogP contribution in [0.25, 0.3) is 10.9 Å². The van der Waals surface area contributed by atoms with Gasteiger partial charge >= 0.3 is 0 Å². The first-order valence-electron chi connectivity index (χ1n) is 6.20. The number of nitrogens with two attached hydrogens (primary N) is 1. The van der Waals surface area contributed by atoms with Gasteiger partial charge in [-0.1, -0.05) is 0 Å². The second kappa shape index (κ2) is 5.69. The molecule has 4 nitrogen and oxygen atoms in total. The lowest BCUT2D eigenvalue weighted by atomic mass is 10.1. The molecule has 0 aliphatic carbocycles. The number of hydrogen-bond donors (Lipinski definition) is 2. The summed E-state index contributed by atoms with van der Waals surface area (Å²) in [5.74, 6) is 0. The van der Waals surface area contributed by atoms with Crippen LogP contribution in [0.4, 0.5) is 11.4 Å². The lowest BCUT2D eigenvalue weighted by molar-refractivity contribution is 0.141. The van der Waals surface area contributed by atoms with E-state index in [9.17, 15) is 0 Å². The number of anilines is 2. The summed E-state index contributed by atoms with van der Waals surface area (Å²) in [6.07, 6.45) is 1.78. The number of rotatable bonds is 5. The number of pyridine rings is 1. The minimum atomic E-state index is 0.235. The van der Waals surface area contributed by atoms with Crippen molar-refractivity contribution in [3.8, 4) is 0 Å². The van der Waals surface area contributed by atoms with Gasteiger partial charge in [0.25, 0.3) is 0 Å². The number of hydrogen-bond acceptors (Lipinski definition) is 4. The fraction of sp³-hybridized carbons (Fsp3) is 0.357. The second-order valence-electron chi connectivity index (χ2n) is 4.31. The summed E-state index contributed by atoms with van der Waals surface area (Å²) in [6, 6.07) is 7.98. The summed E-state index contributed by atoms with van der Waals surface area (Å²) >= 11 is 0. The third-order valence-corrected chi connectivity index (χ3v) is 2.78. The van der Waals surface area contributed by atoms with Crippen molar-refractivity contribution in [1.29, 1.82) is 0 Å². The van der Waals surface area contributed by atoms with E-state index in [1.807, 2.05) is 31.2 Å². The van der Waals surface area contributed by atoms with Crippen LogP contribution in [-0.4, -0.2) is 24.2 Å². The van der Waals surface area contributed by atoms with Crippen molar-refractivity contribution < 1.29 is 4.74 Å². The fourth-order valence-electron chi connectivity index (χ4n) is 1.91. The van der Waals surface area contributed by atoms with Crippen LogP contribution >= 0.6 is 0 Å². The van der Waals surface area contributed by atoms with Crippen LogP contribution in [0.2, 0.25) is 0 Å². The molecule has 1 aromatic carbocycles. The summed E-state index contributed by atoms with van der Waals surface area (Å²) in [7, 11) is 0. The van der Waals surface area contributed by atoms with Crippen molar-refractivity contribution in [2.45, 2.75) is 19.9 Å². The maximum absolute atomic E-state index is 5.94. The fourth-order valence-corrected chi connectivity index (χ4v) is 1.91. The summed E-state index contributed by atoms with van der Waals surface area (Å²) < 4.78 is 5.40. The molecule has 1 aromatic heterocycles. The van der Waals surface area contributed by atoms with Crippen LogP contribution < -0.4 is 11.1 Å². The quantitative estimate of drug-likeness (QED) is 0.795. The van der Waals surface area contributed by atoms with E-state index in [2.05, 4.69) is 17.2 Å². The highest BCUT2D eigenvalue weighted by Gasteiger charge is 2.07. The van der Waals surface area contributed by atoms with Gasteiger partial charge < -0.3 is 15.8 Å². The van der Waals surface area contributed by atoms with Gasteiger partial charge in [0, 0.05) is 29.9 Å². The van der Waals surface area contributed by atoms with Crippen LogP contribution in [0.1, 0.15) is 13.8 Å². The predicted molar refractivity (Wildman–Crippen MR) is 75.7 cm³/mol. The molecule has 0 saturated carbocycles. The van der Waals surface area contributed by atoms with Crippen molar-refractivity contribution in [2.24, 2.45) is 0 Å². The highest BCUT2D eigenvalue weighted by Crippen LogP contribution is 2.26. The third kappa shape index (κ3) is 2.71. The van der Waals surface area contributed by atoms with E-state index in [-0.39, 0.29) is 6.04 Å². The van der Waals surface area contributed by atoms with Gasteiger partial charge in [0.05, 0.1) is 17.8 Å². The van der Waals surface area contributed by atoms with E-state index < -0.39 is 0 Å². The van der Waals surface area contributed by atoms with Crippen LogP contribution in [0.3, 0.4) is 0 Å². The minimum absolute atomic E-state index is 0.235. The molecule has 0 radical (unpaired) electrons. The molecule has 0 bridgehead atoms. The molecule has 0 spiro atoms. The van der Waals surface area contributed by atoms with Gasteiger partial charge in [0.2, 0.25) is 0 Å². The monoisotopic (exact) mass is 245 g/mol. The average molecular weight is 245 g/mol. The number of aromatic nitrogens is 1. The Morgan fingerprint density at radius 2 is 2.22 bits per heavy atom. The zero-order chi connectivity index (χ0) is 13.0. The molecule has 4 heteroatoms. The molecule has 1 heterocycles. The highest BCUT2D eigenvalue weighted by molar-refractivity contribution is 5.98. The molecule has 18 heavy (non-hydrogen) atoms. The Labute approximate surface area is 107 Å². The summed E-state index contributed by atoms with van der Waals surface area (Å²) in [6.45, 7) is 5.48. The maximum Gasteiger partial charge on any atom is 0.0953 e. The van der Waals surface area contributed by atoms with E-state index >= 15 is 0 Å². The Morgan fingerprint density at radius 3 is 3.00 bits per heavy atom. The number of nitrogens with zero attached hydrogens (tertiary/aromatic N) is 1. The van der Waals surface area contributed by atoms with Crippen LogP contribution in [0.5, 0.6) is 0 Å². The van der Waals surface area contributed by atoms with E-state index in [1.165, 1.54) is 0 Å². The van der Waals surface area contributed by atoms with Crippen molar-refractivity contribution in [3.63, 3.8) is 0 Å². The molecule has 0 saturated heterocycles. The number of nitrogens with one attached hydrogen (secondary N) is 1. The van der Waals surface area contributed by atoms with Crippen molar-refractivity contribution in [2.75, 3.05) is 24.3 Å². The molecule has 2 aromatic rings. The third-order valence-electron chi connectivity index (χ3n) is 2.78. The number of ether oxygens (including phenoxy) is 1. The van der Waals surface area contributed by atoms with Crippen molar-refractivity contribution in [1.82, 2.24) is 4.98 Å². The van der Waals surface area contributed by atoms with Crippen molar-refractivity contribution in [3.05, 3.63) is 30.5 Å². The van der Waals surface area contributed by atoms with E-state index in [0.29, 0.717) is 6.61 Å². The number of fused-ring (bicyclic) bond motifs is 1. The summed E-state index contributed by atoms with van der Waals surface area (Å²) in [5, 5.41) is 4.38. The van der Waals surface area contributed by atoms with Crippen LogP contribution in [0, 0.1) is 0 Å². The first-order chi connectivity index (χ1) is 8.72. The Morgan fingerprint density at radius 1 is 1.39 bits per heavy atom. The molecule has 1 atom stereocenters. The van der Waals surface area contributed by atoms with Crippen molar-refractivity contribution >= 4 is 22.3 Å². The molecule has 1 unspecified atom stereocenters. The van der Waals surface area contributed by atoms with E-state index in [1.54, 1.807) is 6.20 Å². The Kier molecular flexibility index (Phi) is 3.99. The molecule has 0 aliphatic heterocycles. The Bertz CT molecular complexity index is 527. The smallest absolute Gasteiger partial charge is 0.0953 e. The number of nitrogen functional groups attached to an aromatic ring is 1. The van der Waals surface area contributed by atoms with E-state index in [0.717, 1.165) is 28.9 Å². The van der Waals surface area contributed by atoms with Crippen LogP contribution in [0.15, 0.2) is 30.5 Å². The first-order valence-corrected chi connectivity index (χ1v) is 6.20. The lowest BCUT2D eigenvalue weighted by Gasteiger charge is -2.16. The van der Waals surface area contributed by atoms with E-state index in [4.69, 9.17) is 10.5 Å². The maximum atomic E-state index is 5.94. The van der Waals surface area contributed by atoms with Gasteiger partial charge in [0.15, 0.2) is 0 Å². The predicted octanol–water partition coefficient (Wildman–Crippen LogP) is 2.65. The van der Waals surface area contributed by atoms with Gasteiger partial charge in [-0.25, -0.2) is 0 Å². The largest absolute Gasteiger partial charge is 0.398 e. The Hall–Kier alpha value is -1.81. The molecule has 3 N–H and O–H groups in total. The second-order valence-corrected chi connectivity index (χ2v) is 4.31. The topological polar surface area (TPSA) is 60.2 Å². The van der Waals surface area contributed by atoms with Crippen LogP contribution in [-0.2, 0) is 4.74 Å². The molecule has 2 rings (SSSR count). The molecular weight excluding hydrogens is 226 g/mol. The van der Waals surface area contributed by atoms with Gasteiger partial charge in [-0.05, 0) is 38.1 Å². The highest BCUT2D eigenvalue weighted by atomic mass is 16.5. The normalized spacial score (nSPS) is 12.6. The van der Waals surface area contributed by atoms with Gasteiger partial charge in [0.1, 0.15) is 0 Å². The molecule has 96 valence electrons. The molecule has 0 amide bonds. The molecular formula is C14H19N3O. The first kappa shape index (κ1) is 12.6. The van der Waals surface area contributed by atoms with Gasteiger partial charge in [-0.15, -0.1) is 0 Å². The number of benzene rings is 1. The molecule has 0 aliphatic rings. The summed E-state index contributed by atoms with van der Waals surface area (Å²) in [4.78, 5) is 4.39. The summed E-state index contributed by atoms with van der Waals surface area (Å²) in [5.41, 5.74) is 8.59. The SMILES string of the molecule is CCOCC(C)Nc1ccc(N)c2cccnc12. The average Bonchev–Trinajstić information content (AvgIpc) is 2.40. The Balaban J connectivity index is 2.26. The lowest BCUT2D eigenvalue weighted by Crippen LogP contribution is -2.22. The standard InChI is InChI=1S/C14H19N3O/c1-3-18-9-10(2)17-13-7-6-12(15)11-5-4-8-16-14(11)13/h4-8,10,17H,3,9,15H2,1-2H3.